The minimum absolute atomic E-state index is 0. The second-order valence-electron chi connectivity index (χ2n) is 7.16. The van der Waals surface area contributed by atoms with Crippen LogP contribution in [-0.4, -0.2) is 26.1 Å². The van der Waals surface area contributed by atoms with Gasteiger partial charge in [-0.25, -0.2) is 0 Å². The summed E-state index contributed by atoms with van der Waals surface area (Å²) >= 11 is 1.70. The van der Waals surface area contributed by atoms with E-state index in [1.54, 1.807) is 18.9 Å². The van der Waals surface area contributed by atoms with Crippen LogP contribution in [0.15, 0.2) is 58.3 Å². The van der Waals surface area contributed by atoms with Gasteiger partial charge in [-0.2, -0.15) is 0 Å². The van der Waals surface area contributed by atoms with Crippen LogP contribution in [0, 0.1) is 11.3 Å². The van der Waals surface area contributed by atoms with Crippen LogP contribution < -0.4 is 15.4 Å². The molecule has 1 atom stereocenters. The quantitative estimate of drug-likeness (QED) is 0.764. The Labute approximate surface area is 170 Å². The van der Waals surface area contributed by atoms with Gasteiger partial charge < -0.3 is 15.4 Å². The Morgan fingerprint density at radius 1 is 1.07 bits per heavy atom. The maximum Gasteiger partial charge on any atom is 0.228 e. The normalized spacial score (nSPS) is 19.8. The predicted molar refractivity (Wildman–Crippen MR) is 112 cm³/mol. The van der Waals surface area contributed by atoms with Gasteiger partial charge in [-0.1, -0.05) is 11.8 Å². The van der Waals surface area contributed by atoms with Crippen LogP contribution in [0.2, 0.25) is 0 Å². The van der Waals surface area contributed by atoms with E-state index in [0.29, 0.717) is 0 Å². The van der Waals surface area contributed by atoms with Crippen LogP contribution in [0.4, 0.5) is 5.69 Å². The topological polar surface area (TPSA) is 50.4 Å². The number of hydrogen-bond acceptors (Lipinski definition) is 4. The van der Waals surface area contributed by atoms with Crippen LogP contribution in [0.1, 0.15) is 19.3 Å². The van der Waals surface area contributed by atoms with Crippen molar-refractivity contribution in [2.45, 2.75) is 29.1 Å². The first-order valence-corrected chi connectivity index (χ1v) is 9.94. The number of methoxy groups -OCH3 is 1. The molecular weight excluding hydrogens is 380 g/mol. The number of hydrogen-bond donors (Lipinski definition) is 2. The Kier molecular flexibility index (Phi) is 6.35. The Hall–Kier alpha value is -1.69. The maximum absolute atomic E-state index is 12.5. The molecule has 1 amide bonds. The predicted octanol–water partition coefficient (Wildman–Crippen LogP) is 4.60. The second-order valence-corrected chi connectivity index (χ2v) is 8.31. The Balaban J connectivity index is 0.00000210. The number of halogens is 1. The van der Waals surface area contributed by atoms with E-state index in [4.69, 9.17) is 4.74 Å². The molecule has 6 heteroatoms. The van der Waals surface area contributed by atoms with Gasteiger partial charge in [0.05, 0.1) is 7.11 Å². The lowest BCUT2D eigenvalue weighted by molar-refractivity contribution is -0.118. The van der Waals surface area contributed by atoms with Crippen LogP contribution >= 0.6 is 24.2 Å². The minimum Gasteiger partial charge on any atom is -0.497 e. The van der Waals surface area contributed by atoms with E-state index >= 15 is 0 Å². The van der Waals surface area contributed by atoms with Crippen molar-refractivity contribution in [1.82, 2.24) is 5.32 Å². The van der Waals surface area contributed by atoms with E-state index in [9.17, 15) is 4.79 Å². The van der Waals surface area contributed by atoms with Gasteiger partial charge in [-0.15, -0.1) is 12.4 Å². The summed E-state index contributed by atoms with van der Waals surface area (Å²) in [6.45, 7) is 2.09. The zero-order chi connectivity index (χ0) is 18.0. The van der Waals surface area contributed by atoms with Crippen molar-refractivity contribution in [3.05, 3.63) is 48.5 Å². The number of piperidine rings is 1. The molecule has 0 radical (unpaired) electrons. The van der Waals surface area contributed by atoms with E-state index in [2.05, 4.69) is 22.8 Å². The number of ether oxygens (including phenoxy) is 1. The largest absolute Gasteiger partial charge is 0.497 e. The third-order valence-electron chi connectivity index (χ3n) is 5.52. The van der Waals surface area contributed by atoms with Gasteiger partial charge in [-0.05, 0) is 86.3 Å². The van der Waals surface area contributed by atoms with Crippen molar-refractivity contribution in [3.63, 3.8) is 0 Å². The Bertz CT molecular complexity index is 774. The molecule has 4 rings (SSSR count). The SMILES string of the molecule is COc1ccc(Sc2ccc(NC(=O)C3CC34CCNCC4)cc2)cc1.Cl. The van der Waals surface area contributed by atoms with Gasteiger partial charge >= 0.3 is 0 Å². The molecule has 1 heterocycles. The third kappa shape index (κ3) is 4.60. The summed E-state index contributed by atoms with van der Waals surface area (Å²) in [4.78, 5) is 14.8. The van der Waals surface area contributed by atoms with E-state index in [0.717, 1.165) is 53.6 Å². The fourth-order valence-corrected chi connectivity index (χ4v) is 4.63. The lowest BCUT2D eigenvalue weighted by Crippen LogP contribution is -2.31. The molecule has 0 aromatic heterocycles. The smallest absolute Gasteiger partial charge is 0.228 e. The van der Waals surface area contributed by atoms with Gasteiger partial charge in [-0.3, -0.25) is 4.79 Å². The van der Waals surface area contributed by atoms with Crippen molar-refractivity contribution in [3.8, 4) is 5.75 Å². The standard InChI is InChI=1S/C21H24N2O2S.ClH/c1-25-16-4-8-18(9-5-16)26-17-6-2-15(3-7-17)23-20(24)19-14-21(19)10-12-22-13-11-21;/h2-9,19,22H,10-14H2,1H3,(H,23,24);1H. The second kappa shape index (κ2) is 8.55. The van der Waals surface area contributed by atoms with Crippen LogP contribution in [0.5, 0.6) is 5.75 Å². The zero-order valence-electron chi connectivity index (χ0n) is 15.4. The van der Waals surface area contributed by atoms with Gasteiger partial charge in [0.25, 0.3) is 0 Å². The van der Waals surface area contributed by atoms with Gasteiger partial charge in [0.15, 0.2) is 0 Å². The van der Waals surface area contributed by atoms with E-state index in [-0.39, 0.29) is 29.6 Å². The summed E-state index contributed by atoms with van der Waals surface area (Å²) in [7, 11) is 1.67. The molecule has 2 fully saturated rings. The van der Waals surface area contributed by atoms with Crippen LogP contribution in [0.25, 0.3) is 0 Å². The first-order chi connectivity index (χ1) is 12.7. The molecule has 1 unspecified atom stereocenters. The molecular formula is C21H25ClN2O2S. The number of rotatable bonds is 5. The molecule has 1 saturated heterocycles. The highest BCUT2D eigenvalue weighted by atomic mass is 35.5. The summed E-state index contributed by atoms with van der Waals surface area (Å²) in [5.41, 5.74) is 1.16. The average Bonchev–Trinajstić information content (AvgIpc) is 3.37. The molecule has 1 saturated carbocycles. The molecule has 2 aromatic rings. The molecule has 4 nitrogen and oxygen atoms in total. The average molecular weight is 405 g/mol. The lowest BCUT2D eigenvalue weighted by Gasteiger charge is -2.23. The Morgan fingerprint density at radius 3 is 2.26 bits per heavy atom. The number of carbonyl (C=O) groups is 1. The van der Waals surface area contributed by atoms with Crippen molar-refractivity contribution in [2.75, 3.05) is 25.5 Å². The number of nitrogens with one attached hydrogen (secondary N) is 2. The number of benzene rings is 2. The molecule has 144 valence electrons. The summed E-state index contributed by atoms with van der Waals surface area (Å²) < 4.78 is 5.19. The van der Waals surface area contributed by atoms with Crippen molar-refractivity contribution >= 4 is 35.8 Å². The molecule has 27 heavy (non-hydrogen) atoms. The van der Waals surface area contributed by atoms with Crippen molar-refractivity contribution in [1.29, 1.82) is 0 Å². The summed E-state index contributed by atoms with van der Waals surface area (Å²) in [5, 5.41) is 6.48. The first kappa shape index (κ1) is 20.1. The van der Waals surface area contributed by atoms with Crippen LogP contribution in [0.3, 0.4) is 0 Å². The number of amides is 1. The fraction of sp³-hybridized carbons (Fsp3) is 0.381. The highest BCUT2D eigenvalue weighted by Crippen LogP contribution is 2.58. The van der Waals surface area contributed by atoms with E-state index in [1.165, 1.54) is 0 Å². The van der Waals surface area contributed by atoms with Gasteiger partial charge in [0.2, 0.25) is 5.91 Å². The molecule has 2 aromatic carbocycles. The molecule has 0 bridgehead atoms. The summed E-state index contributed by atoms with van der Waals surface area (Å²) in [6, 6.07) is 16.1. The maximum atomic E-state index is 12.5. The van der Waals surface area contributed by atoms with Crippen molar-refractivity contribution < 1.29 is 9.53 Å². The molecule has 1 aliphatic carbocycles. The minimum atomic E-state index is 0. The zero-order valence-corrected chi connectivity index (χ0v) is 17.0. The van der Waals surface area contributed by atoms with Crippen molar-refractivity contribution in [2.24, 2.45) is 11.3 Å². The lowest BCUT2D eigenvalue weighted by atomic mass is 9.92. The van der Waals surface area contributed by atoms with Gasteiger partial charge in [0.1, 0.15) is 5.75 Å². The Morgan fingerprint density at radius 2 is 1.67 bits per heavy atom. The van der Waals surface area contributed by atoms with Gasteiger partial charge in [0, 0.05) is 21.4 Å². The molecule has 1 aliphatic heterocycles. The first-order valence-electron chi connectivity index (χ1n) is 9.12. The highest BCUT2D eigenvalue weighted by Gasteiger charge is 2.57. The number of anilines is 1. The summed E-state index contributed by atoms with van der Waals surface area (Å²) in [6.07, 6.45) is 3.30. The van der Waals surface area contributed by atoms with E-state index in [1.807, 2.05) is 36.4 Å². The third-order valence-corrected chi connectivity index (χ3v) is 6.54. The molecule has 2 aliphatic rings. The van der Waals surface area contributed by atoms with E-state index < -0.39 is 0 Å². The molecule has 2 N–H and O–H groups in total. The van der Waals surface area contributed by atoms with Crippen LogP contribution in [-0.2, 0) is 4.79 Å². The monoisotopic (exact) mass is 404 g/mol. The summed E-state index contributed by atoms with van der Waals surface area (Å²) in [5.74, 6) is 1.24. The highest BCUT2D eigenvalue weighted by molar-refractivity contribution is 7.99. The number of carbonyl (C=O) groups excluding carboxylic acids is 1. The molecule has 1 spiro atoms. The fourth-order valence-electron chi connectivity index (χ4n) is 3.81.